The highest BCUT2D eigenvalue weighted by Crippen LogP contribution is 2.29. The van der Waals surface area contributed by atoms with Crippen LogP contribution in [0, 0.1) is 0 Å². The van der Waals surface area contributed by atoms with Crippen LogP contribution in [0.3, 0.4) is 0 Å². The maximum absolute atomic E-state index is 12.8. The predicted octanol–water partition coefficient (Wildman–Crippen LogP) is 2.55. The third-order valence-electron chi connectivity index (χ3n) is 4.28. The van der Waals surface area contributed by atoms with Gasteiger partial charge in [0.25, 0.3) is 5.91 Å². The molecule has 1 fully saturated rings. The summed E-state index contributed by atoms with van der Waals surface area (Å²) in [6.07, 6.45) is -1.00. The van der Waals surface area contributed by atoms with Gasteiger partial charge in [-0.05, 0) is 36.8 Å². The Balaban J connectivity index is 1.66. The van der Waals surface area contributed by atoms with Crippen LogP contribution in [0.1, 0.15) is 12.5 Å². The van der Waals surface area contributed by atoms with Crippen LogP contribution in [0.2, 0.25) is 5.02 Å². The number of aliphatic hydroxyl groups is 1. The average molecular weight is 375 g/mol. The molecule has 0 spiro atoms. The minimum Gasteiger partial charge on any atom is -0.491 e. The summed E-state index contributed by atoms with van der Waals surface area (Å²) in [6.45, 7) is 1.45. The summed E-state index contributed by atoms with van der Waals surface area (Å²) in [5.41, 5.74) is -0.570. The molecule has 2 N–H and O–H groups in total. The molecule has 136 valence electrons. The highest BCUT2D eigenvalue weighted by atomic mass is 35.5. The summed E-state index contributed by atoms with van der Waals surface area (Å²) >= 11 is 5.88. The molecule has 1 heterocycles. The van der Waals surface area contributed by atoms with Gasteiger partial charge < -0.3 is 15.2 Å². The van der Waals surface area contributed by atoms with Crippen molar-refractivity contribution in [2.45, 2.75) is 18.6 Å². The molecule has 2 aromatic carbocycles. The van der Waals surface area contributed by atoms with E-state index < -0.39 is 23.6 Å². The quantitative estimate of drug-likeness (QED) is 0.762. The van der Waals surface area contributed by atoms with Gasteiger partial charge in [0.1, 0.15) is 24.0 Å². The Labute approximate surface area is 156 Å². The third-order valence-corrected chi connectivity index (χ3v) is 4.53. The average Bonchev–Trinajstić information content (AvgIpc) is 2.85. The van der Waals surface area contributed by atoms with E-state index in [1.165, 1.54) is 0 Å². The fraction of sp³-hybridized carbons (Fsp3) is 0.263. The Morgan fingerprint density at radius 2 is 1.81 bits per heavy atom. The second-order valence-corrected chi connectivity index (χ2v) is 6.69. The van der Waals surface area contributed by atoms with E-state index in [0.717, 1.165) is 4.90 Å². The Kier molecular flexibility index (Phi) is 5.15. The van der Waals surface area contributed by atoms with E-state index in [1.807, 2.05) is 18.2 Å². The molecule has 26 heavy (non-hydrogen) atoms. The van der Waals surface area contributed by atoms with Crippen LogP contribution in [-0.2, 0) is 10.3 Å². The number of urea groups is 1. The van der Waals surface area contributed by atoms with Crippen molar-refractivity contribution in [3.05, 3.63) is 65.2 Å². The van der Waals surface area contributed by atoms with E-state index in [9.17, 15) is 14.7 Å². The third kappa shape index (κ3) is 3.66. The normalized spacial score (nSPS) is 20.8. The summed E-state index contributed by atoms with van der Waals surface area (Å²) in [4.78, 5) is 26.1. The fourth-order valence-electron chi connectivity index (χ4n) is 2.81. The van der Waals surface area contributed by atoms with Crippen LogP contribution in [0.4, 0.5) is 4.79 Å². The van der Waals surface area contributed by atoms with E-state index in [-0.39, 0.29) is 13.2 Å². The summed E-state index contributed by atoms with van der Waals surface area (Å²) in [5, 5.41) is 13.4. The number of aliphatic hydroxyl groups excluding tert-OH is 1. The van der Waals surface area contributed by atoms with Crippen molar-refractivity contribution < 1.29 is 19.4 Å². The van der Waals surface area contributed by atoms with Crippen molar-refractivity contribution in [2.75, 3.05) is 13.2 Å². The number of benzene rings is 2. The van der Waals surface area contributed by atoms with Gasteiger partial charge in [0.05, 0.1) is 6.54 Å². The Hall–Kier alpha value is -2.57. The van der Waals surface area contributed by atoms with Crippen molar-refractivity contribution in [1.29, 1.82) is 0 Å². The van der Waals surface area contributed by atoms with Gasteiger partial charge in [0.2, 0.25) is 0 Å². The predicted molar refractivity (Wildman–Crippen MR) is 97.0 cm³/mol. The molecule has 7 heteroatoms. The summed E-state index contributed by atoms with van der Waals surface area (Å²) in [5.74, 6) is 0.179. The lowest BCUT2D eigenvalue weighted by Crippen LogP contribution is -2.42. The lowest BCUT2D eigenvalue weighted by molar-refractivity contribution is -0.132. The van der Waals surface area contributed by atoms with Gasteiger partial charge in [0, 0.05) is 5.02 Å². The largest absolute Gasteiger partial charge is 0.491 e. The summed E-state index contributed by atoms with van der Waals surface area (Å²) in [6, 6.07) is 15.2. The minimum absolute atomic E-state index is 0.0290. The van der Waals surface area contributed by atoms with Gasteiger partial charge in [-0.15, -0.1) is 0 Å². The van der Waals surface area contributed by atoms with Crippen LogP contribution in [0.5, 0.6) is 5.75 Å². The van der Waals surface area contributed by atoms with Crippen LogP contribution in [0.25, 0.3) is 0 Å². The number of halogens is 1. The lowest BCUT2D eigenvalue weighted by Gasteiger charge is -2.23. The Bertz CT molecular complexity index is 797. The molecule has 1 saturated heterocycles. The van der Waals surface area contributed by atoms with Crippen molar-refractivity contribution in [1.82, 2.24) is 10.2 Å². The van der Waals surface area contributed by atoms with Gasteiger partial charge in [-0.2, -0.15) is 0 Å². The fourth-order valence-corrected chi connectivity index (χ4v) is 2.94. The number of hydrogen-bond donors (Lipinski definition) is 2. The zero-order valence-corrected chi connectivity index (χ0v) is 14.9. The molecule has 3 rings (SSSR count). The molecule has 3 amide bonds. The first-order valence-corrected chi connectivity index (χ1v) is 8.54. The van der Waals surface area contributed by atoms with E-state index in [4.69, 9.17) is 16.3 Å². The molecular weight excluding hydrogens is 356 g/mol. The molecule has 1 aliphatic rings. The first-order valence-electron chi connectivity index (χ1n) is 8.16. The number of ether oxygens (including phenoxy) is 1. The van der Waals surface area contributed by atoms with Crippen molar-refractivity contribution in [3.63, 3.8) is 0 Å². The number of nitrogens with one attached hydrogen (secondary N) is 1. The molecule has 0 aromatic heterocycles. The Morgan fingerprint density at radius 1 is 1.15 bits per heavy atom. The van der Waals surface area contributed by atoms with E-state index in [0.29, 0.717) is 16.3 Å². The van der Waals surface area contributed by atoms with E-state index in [1.54, 1.807) is 43.3 Å². The Morgan fingerprint density at radius 3 is 2.46 bits per heavy atom. The van der Waals surface area contributed by atoms with E-state index >= 15 is 0 Å². The number of carbonyl (C=O) groups is 2. The molecule has 0 aliphatic carbocycles. The van der Waals surface area contributed by atoms with Gasteiger partial charge in [0.15, 0.2) is 0 Å². The monoisotopic (exact) mass is 374 g/mol. The maximum Gasteiger partial charge on any atom is 0.325 e. The first kappa shape index (κ1) is 18.2. The van der Waals surface area contributed by atoms with Crippen molar-refractivity contribution in [3.8, 4) is 5.75 Å². The molecule has 2 atom stereocenters. The highest BCUT2D eigenvalue weighted by molar-refractivity contribution is 6.30. The number of carbonyl (C=O) groups excluding carboxylic acids is 2. The number of para-hydroxylation sites is 1. The van der Waals surface area contributed by atoms with Crippen LogP contribution in [-0.4, -0.2) is 41.2 Å². The smallest absolute Gasteiger partial charge is 0.325 e. The number of amides is 3. The zero-order valence-electron chi connectivity index (χ0n) is 14.2. The minimum atomic E-state index is -1.19. The maximum atomic E-state index is 12.8. The molecule has 0 bridgehead atoms. The first-order chi connectivity index (χ1) is 12.4. The number of nitrogens with zero attached hydrogens (tertiary/aromatic N) is 1. The zero-order chi connectivity index (χ0) is 18.7. The molecule has 1 aliphatic heterocycles. The van der Waals surface area contributed by atoms with Gasteiger partial charge in [-0.3, -0.25) is 9.69 Å². The summed E-state index contributed by atoms with van der Waals surface area (Å²) < 4.78 is 5.46. The topological polar surface area (TPSA) is 78.9 Å². The van der Waals surface area contributed by atoms with Crippen LogP contribution < -0.4 is 10.1 Å². The van der Waals surface area contributed by atoms with Crippen LogP contribution in [0.15, 0.2) is 54.6 Å². The highest BCUT2D eigenvalue weighted by Gasteiger charge is 2.49. The van der Waals surface area contributed by atoms with Crippen molar-refractivity contribution in [2.24, 2.45) is 0 Å². The molecule has 0 unspecified atom stereocenters. The number of hydrogen-bond acceptors (Lipinski definition) is 4. The molecular formula is C19H19ClN2O4. The van der Waals surface area contributed by atoms with E-state index in [2.05, 4.69) is 5.32 Å². The second kappa shape index (κ2) is 7.35. The lowest BCUT2D eigenvalue weighted by atomic mass is 9.92. The standard InChI is InChI=1S/C19H19ClN2O4/c1-19(13-7-9-14(20)10-8-13)17(24)22(18(25)21-19)11-15(23)12-26-16-5-3-2-4-6-16/h2-10,15,23H,11-12H2,1H3,(H,21,25)/t15-,19+/m1/s1. The number of rotatable bonds is 6. The summed E-state index contributed by atoms with van der Waals surface area (Å²) in [7, 11) is 0. The molecule has 2 aromatic rings. The molecule has 6 nitrogen and oxygen atoms in total. The van der Waals surface area contributed by atoms with Gasteiger partial charge >= 0.3 is 6.03 Å². The molecule has 0 radical (unpaired) electrons. The number of β-amino-alcohol motifs (C(OH)–C–C–N with tert-alkyl or cyclic N) is 1. The molecule has 0 saturated carbocycles. The SMILES string of the molecule is C[C@@]1(c2ccc(Cl)cc2)NC(=O)N(C[C@@H](O)COc2ccccc2)C1=O. The second-order valence-electron chi connectivity index (χ2n) is 6.26. The number of imide groups is 1. The van der Waals surface area contributed by atoms with Gasteiger partial charge in [-0.1, -0.05) is 41.9 Å². The van der Waals surface area contributed by atoms with Crippen molar-refractivity contribution >= 4 is 23.5 Å². The van der Waals surface area contributed by atoms with Crippen LogP contribution >= 0.6 is 11.6 Å². The van der Waals surface area contributed by atoms with Gasteiger partial charge in [-0.25, -0.2) is 4.79 Å².